The molecule has 1 heterocycles. The molecule has 1 fully saturated rings. The van der Waals surface area contributed by atoms with Crippen molar-refractivity contribution in [3.63, 3.8) is 0 Å². The zero-order chi connectivity index (χ0) is 21.2. The van der Waals surface area contributed by atoms with Crippen LogP contribution in [0.3, 0.4) is 0 Å². The third kappa shape index (κ3) is 4.97. The number of nitrogens with one attached hydrogen (secondary N) is 1. The van der Waals surface area contributed by atoms with Gasteiger partial charge in [0.15, 0.2) is 0 Å². The number of hydrogen-bond donors (Lipinski definition) is 1. The van der Waals surface area contributed by atoms with Gasteiger partial charge in [0.2, 0.25) is 11.8 Å². The summed E-state index contributed by atoms with van der Waals surface area (Å²) in [5.74, 6) is 0.0547. The van der Waals surface area contributed by atoms with Crippen molar-refractivity contribution >= 4 is 23.2 Å². The number of benzene rings is 2. The van der Waals surface area contributed by atoms with Crippen LogP contribution < -0.4 is 15.0 Å². The van der Waals surface area contributed by atoms with E-state index in [0.29, 0.717) is 18.0 Å². The van der Waals surface area contributed by atoms with Gasteiger partial charge in [0.05, 0.1) is 17.7 Å². The Morgan fingerprint density at radius 1 is 1.10 bits per heavy atom. The lowest BCUT2D eigenvalue weighted by Crippen LogP contribution is -2.28. The molecule has 0 aromatic heterocycles. The largest absolute Gasteiger partial charge is 0.489 e. The first kappa shape index (κ1) is 20.9. The summed E-state index contributed by atoms with van der Waals surface area (Å²) in [6.45, 7) is 10.7. The van der Waals surface area contributed by atoms with Crippen LogP contribution in [0, 0.1) is 5.92 Å². The Bertz CT molecular complexity index is 882. The van der Waals surface area contributed by atoms with Gasteiger partial charge in [-0.1, -0.05) is 45.0 Å². The monoisotopic (exact) mass is 394 g/mol. The normalized spacial score (nSPS) is 17.0. The molecule has 154 valence electrons. The van der Waals surface area contributed by atoms with Crippen LogP contribution >= 0.6 is 0 Å². The number of anilines is 2. The molecule has 0 radical (unpaired) electrons. The molecule has 3 rings (SSSR count). The molecule has 1 atom stereocenters. The number of ether oxygens (including phenoxy) is 1. The molecule has 1 aliphatic rings. The van der Waals surface area contributed by atoms with Crippen molar-refractivity contribution in [3.05, 3.63) is 54.1 Å². The fourth-order valence-electron chi connectivity index (χ4n) is 3.44. The van der Waals surface area contributed by atoms with Gasteiger partial charge in [-0.25, -0.2) is 0 Å². The van der Waals surface area contributed by atoms with Crippen LogP contribution in [-0.4, -0.2) is 24.5 Å². The Kier molecular flexibility index (Phi) is 5.96. The molecule has 1 aliphatic heterocycles. The van der Waals surface area contributed by atoms with E-state index in [0.717, 1.165) is 5.69 Å². The van der Waals surface area contributed by atoms with Crippen LogP contribution in [0.2, 0.25) is 0 Å². The number of carbonyl (C=O) groups is 2. The minimum Gasteiger partial charge on any atom is -0.489 e. The van der Waals surface area contributed by atoms with Gasteiger partial charge in [0.25, 0.3) is 0 Å². The number of rotatable bonds is 5. The second-order valence-corrected chi connectivity index (χ2v) is 8.85. The second-order valence-electron chi connectivity index (χ2n) is 8.85. The smallest absolute Gasteiger partial charge is 0.229 e. The minimum atomic E-state index is -0.392. The van der Waals surface area contributed by atoms with Gasteiger partial charge < -0.3 is 15.0 Å². The molecule has 0 aliphatic carbocycles. The van der Waals surface area contributed by atoms with Gasteiger partial charge in [-0.15, -0.1) is 0 Å². The van der Waals surface area contributed by atoms with Gasteiger partial charge >= 0.3 is 0 Å². The van der Waals surface area contributed by atoms with Gasteiger partial charge in [-0.2, -0.15) is 0 Å². The highest BCUT2D eigenvalue weighted by Gasteiger charge is 2.35. The highest BCUT2D eigenvalue weighted by Crippen LogP contribution is 2.30. The van der Waals surface area contributed by atoms with E-state index in [4.69, 9.17) is 4.74 Å². The van der Waals surface area contributed by atoms with Crippen molar-refractivity contribution in [1.29, 1.82) is 0 Å². The second kappa shape index (κ2) is 8.27. The summed E-state index contributed by atoms with van der Waals surface area (Å²) in [6.07, 6.45) is 0.215. The third-order valence-corrected chi connectivity index (χ3v) is 5.05. The van der Waals surface area contributed by atoms with Gasteiger partial charge in [0, 0.05) is 18.7 Å². The van der Waals surface area contributed by atoms with Crippen LogP contribution in [0.4, 0.5) is 11.4 Å². The lowest BCUT2D eigenvalue weighted by Gasteiger charge is -2.22. The molecule has 29 heavy (non-hydrogen) atoms. The van der Waals surface area contributed by atoms with Crippen molar-refractivity contribution in [2.45, 2.75) is 52.6 Å². The van der Waals surface area contributed by atoms with Crippen LogP contribution in [0.15, 0.2) is 48.5 Å². The molecular weight excluding hydrogens is 364 g/mol. The molecule has 5 heteroatoms. The molecule has 1 saturated heterocycles. The number of carbonyl (C=O) groups excluding carboxylic acids is 2. The molecule has 2 aromatic rings. The van der Waals surface area contributed by atoms with Gasteiger partial charge in [-0.05, 0) is 49.1 Å². The summed E-state index contributed by atoms with van der Waals surface area (Å²) in [5, 5.41) is 2.94. The van der Waals surface area contributed by atoms with Crippen LogP contribution in [0.5, 0.6) is 5.75 Å². The lowest BCUT2D eigenvalue weighted by atomic mass is 9.87. The molecule has 5 nitrogen and oxygen atoms in total. The van der Waals surface area contributed by atoms with Crippen LogP contribution in [0.25, 0.3) is 0 Å². The molecule has 2 aromatic carbocycles. The molecule has 0 bridgehead atoms. The summed E-state index contributed by atoms with van der Waals surface area (Å²) in [6, 6.07) is 15.4. The van der Waals surface area contributed by atoms with Gasteiger partial charge in [-0.3, -0.25) is 9.59 Å². The summed E-state index contributed by atoms with van der Waals surface area (Å²) in [7, 11) is 0. The zero-order valence-corrected chi connectivity index (χ0v) is 17.9. The SMILES string of the molecule is CC(C)Oc1ccccc1NC(=O)C1CC(=O)N(c2ccc(C(C)(C)C)cc2)C1. The molecule has 2 amide bonds. The van der Waals surface area contributed by atoms with E-state index in [2.05, 4.69) is 38.2 Å². The lowest BCUT2D eigenvalue weighted by molar-refractivity contribution is -0.122. The third-order valence-electron chi connectivity index (χ3n) is 5.05. The summed E-state index contributed by atoms with van der Waals surface area (Å²) >= 11 is 0. The Morgan fingerprint density at radius 3 is 2.38 bits per heavy atom. The van der Waals surface area contributed by atoms with E-state index in [-0.39, 0.29) is 29.8 Å². The first-order valence-electron chi connectivity index (χ1n) is 10.1. The van der Waals surface area contributed by atoms with Crippen LogP contribution in [0.1, 0.15) is 46.6 Å². The number of nitrogens with zero attached hydrogens (tertiary/aromatic N) is 1. The average molecular weight is 395 g/mol. The Labute approximate surface area is 173 Å². The van der Waals surface area contributed by atoms with E-state index >= 15 is 0 Å². The molecule has 1 N–H and O–H groups in total. The minimum absolute atomic E-state index is 0.00710. The first-order valence-corrected chi connectivity index (χ1v) is 10.1. The first-order chi connectivity index (χ1) is 13.6. The Hall–Kier alpha value is -2.82. The molecular formula is C24H30N2O3. The van der Waals surface area contributed by atoms with E-state index in [1.807, 2.05) is 50.2 Å². The molecule has 1 unspecified atom stereocenters. The van der Waals surface area contributed by atoms with E-state index in [1.54, 1.807) is 4.90 Å². The summed E-state index contributed by atoms with van der Waals surface area (Å²) in [4.78, 5) is 27.1. The fourth-order valence-corrected chi connectivity index (χ4v) is 3.44. The molecule has 0 spiro atoms. The van der Waals surface area contributed by atoms with E-state index in [9.17, 15) is 9.59 Å². The van der Waals surface area contributed by atoms with Crippen LogP contribution in [-0.2, 0) is 15.0 Å². The van der Waals surface area contributed by atoms with Gasteiger partial charge in [0.1, 0.15) is 5.75 Å². The number of amides is 2. The summed E-state index contributed by atoms with van der Waals surface area (Å²) < 4.78 is 5.77. The molecule has 0 saturated carbocycles. The van der Waals surface area contributed by atoms with Crippen molar-refractivity contribution in [3.8, 4) is 5.75 Å². The quantitative estimate of drug-likeness (QED) is 0.795. The van der Waals surface area contributed by atoms with E-state index < -0.39 is 5.92 Å². The highest BCUT2D eigenvalue weighted by atomic mass is 16.5. The predicted octanol–water partition coefficient (Wildman–Crippen LogP) is 4.76. The topological polar surface area (TPSA) is 58.6 Å². The Balaban J connectivity index is 1.70. The predicted molar refractivity (Wildman–Crippen MR) is 116 cm³/mol. The standard InChI is InChI=1S/C24H30N2O3/c1-16(2)29-21-9-7-6-8-20(21)25-23(28)17-14-22(27)26(15-17)19-12-10-18(11-13-19)24(3,4)5/h6-13,16-17H,14-15H2,1-5H3,(H,25,28). The fraction of sp³-hybridized carbons (Fsp3) is 0.417. The van der Waals surface area contributed by atoms with Crippen molar-refractivity contribution in [1.82, 2.24) is 0 Å². The Morgan fingerprint density at radius 2 is 1.76 bits per heavy atom. The van der Waals surface area contributed by atoms with Crippen molar-refractivity contribution < 1.29 is 14.3 Å². The van der Waals surface area contributed by atoms with Crippen molar-refractivity contribution in [2.24, 2.45) is 5.92 Å². The average Bonchev–Trinajstić information content (AvgIpc) is 3.04. The number of hydrogen-bond acceptors (Lipinski definition) is 3. The summed E-state index contributed by atoms with van der Waals surface area (Å²) in [5.41, 5.74) is 2.74. The van der Waals surface area contributed by atoms with E-state index in [1.165, 1.54) is 5.56 Å². The maximum atomic E-state index is 12.8. The van der Waals surface area contributed by atoms with Crippen molar-refractivity contribution in [2.75, 3.05) is 16.8 Å². The highest BCUT2D eigenvalue weighted by molar-refractivity contribution is 6.03. The zero-order valence-electron chi connectivity index (χ0n) is 17.9. The number of para-hydroxylation sites is 2. The maximum absolute atomic E-state index is 12.8. The maximum Gasteiger partial charge on any atom is 0.229 e.